The molecule has 0 aliphatic heterocycles. The average molecular weight is 336 g/mol. The first-order valence-corrected chi connectivity index (χ1v) is 8.25. The van der Waals surface area contributed by atoms with Gasteiger partial charge in [0.15, 0.2) is 0 Å². The highest BCUT2D eigenvalue weighted by Crippen LogP contribution is 2.18. The number of nitrogens with one attached hydrogen (secondary N) is 2. The molecule has 0 spiro atoms. The number of anilines is 3. The molecule has 1 heterocycles. The van der Waals surface area contributed by atoms with Gasteiger partial charge in [-0.05, 0) is 67.3 Å². The lowest BCUT2D eigenvalue weighted by atomic mass is 10.1. The Labute approximate surface area is 147 Å². The summed E-state index contributed by atoms with van der Waals surface area (Å²) in [5.41, 5.74) is 4.43. The minimum atomic E-state index is -0.213. The van der Waals surface area contributed by atoms with Gasteiger partial charge in [0, 0.05) is 18.4 Å². The summed E-state index contributed by atoms with van der Waals surface area (Å²) < 4.78 is 12.9. The molecule has 0 saturated heterocycles. The lowest BCUT2D eigenvalue weighted by molar-refractivity contribution is 0.627. The SMILES string of the molecule is Cc1cc(C)cc(Nc2nccc(NCCc3ccc(F)cc3)n2)c1. The quantitative estimate of drug-likeness (QED) is 0.689. The molecular weight excluding hydrogens is 315 g/mol. The summed E-state index contributed by atoms with van der Waals surface area (Å²) >= 11 is 0. The van der Waals surface area contributed by atoms with Gasteiger partial charge in [0.1, 0.15) is 11.6 Å². The minimum absolute atomic E-state index is 0.213. The van der Waals surface area contributed by atoms with Crippen molar-refractivity contribution in [2.24, 2.45) is 0 Å². The highest BCUT2D eigenvalue weighted by molar-refractivity contribution is 5.57. The Morgan fingerprint density at radius 3 is 2.40 bits per heavy atom. The Morgan fingerprint density at radius 1 is 0.960 bits per heavy atom. The van der Waals surface area contributed by atoms with Gasteiger partial charge in [-0.1, -0.05) is 18.2 Å². The molecule has 3 rings (SSSR count). The summed E-state index contributed by atoms with van der Waals surface area (Å²) in [6.45, 7) is 4.84. The summed E-state index contributed by atoms with van der Waals surface area (Å²) in [4.78, 5) is 8.75. The summed E-state index contributed by atoms with van der Waals surface area (Å²) in [6, 6.07) is 14.6. The zero-order valence-electron chi connectivity index (χ0n) is 14.4. The fourth-order valence-electron chi connectivity index (χ4n) is 2.68. The zero-order valence-corrected chi connectivity index (χ0v) is 14.4. The molecule has 0 saturated carbocycles. The normalized spacial score (nSPS) is 10.5. The van der Waals surface area contributed by atoms with E-state index in [1.54, 1.807) is 18.3 Å². The van der Waals surface area contributed by atoms with Gasteiger partial charge in [0.05, 0.1) is 0 Å². The number of aromatic nitrogens is 2. The van der Waals surface area contributed by atoms with Crippen LogP contribution < -0.4 is 10.6 Å². The van der Waals surface area contributed by atoms with Gasteiger partial charge in [-0.3, -0.25) is 0 Å². The molecule has 0 bridgehead atoms. The van der Waals surface area contributed by atoms with Gasteiger partial charge in [-0.2, -0.15) is 4.98 Å². The monoisotopic (exact) mass is 336 g/mol. The number of benzene rings is 2. The predicted octanol–water partition coefficient (Wildman–Crippen LogP) is 4.63. The molecular formula is C20H21FN4. The van der Waals surface area contributed by atoms with Crippen LogP contribution in [0.25, 0.3) is 0 Å². The van der Waals surface area contributed by atoms with Crippen LogP contribution in [0, 0.1) is 19.7 Å². The van der Waals surface area contributed by atoms with Crippen molar-refractivity contribution in [3.8, 4) is 0 Å². The van der Waals surface area contributed by atoms with Crippen LogP contribution in [-0.2, 0) is 6.42 Å². The van der Waals surface area contributed by atoms with Crippen LogP contribution in [0.1, 0.15) is 16.7 Å². The van der Waals surface area contributed by atoms with Crippen LogP contribution in [0.2, 0.25) is 0 Å². The fourth-order valence-corrected chi connectivity index (χ4v) is 2.68. The molecule has 0 unspecified atom stereocenters. The van der Waals surface area contributed by atoms with E-state index in [1.165, 1.54) is 23.3 Å². The molecule has 25 heavy (non-hydrogen) atoms. The van der Waals surface area contributed by atoms with Crippen LogP contribution in [0.3, 0.4) is 0 Å². The first kappa shape index (κ1) is 16.9. The molecule has 0 aliphatic carbocycles. The van der Waals surface area contributed by atoms with Crippen molar-refractivity contribution in [2.75, 3.05) is 17.2 Å². The largest absolute Gasteiger partial charge is 0.370 e. The maximum atomic E-state index is 12.9. The van der Waals surface area contributed by atoms with Crippen LogP contribution in [-0.4, -0.2) is 16.5 Å². The molecule has 0 fully saturated rings. The molecule has 2 N–H and O–H groups in total. The molecule has 128 valence electrons. The van der Waals surface area contributed by atoms with Crippen LogP contribution in [0.15, 0.2) is 54.7 Å². The van der Waals surface area contributed by atoms with Crippen molar-refractivity contribution < 1.29 is 4.39 Å². The smallest absolute Gasteiger partial charge is 0.229 e. The second kappa shape index (κ2) is 7.75. The Hall–Kier alpha value is -2.95. The number of halogens is 1. The Balaban J connectivity index is 1.60. The van der Waals surface area contributed by atoms with Gasteiger partial charge in [-0.15, -0.1) is 0 Å². The summed E-state index contributed by atoms with van der Waals surface area (Å²) in [5.74, 6) is 1.09. The van der Waals surface area contributed by atoms with Crippen LogP contribution >= 0.6 is 0 Å². The van der Waals surface area contributed by atoms with E-state index in [9.17, 15) is 4.39 Å². The minimum Gasteiger partial charge on any atom is -0.370 e. The maximum Gasteiger partial charge on any atom is 0.229 e. The molecule has 0 atom stereocenters. The number of hydrogen-bond acceptors (Lipinski definition) is 4. The van der Waals surface area contributed by atoms with E-state index in [0.29, 0.717) is 12.5 Å². The third-order valence-corrected chi connectivity index (χ3v) is 3.77. The Kier molecular flexibility index (Phi) is 5.23. The maximum absolute atomic E-state index is 12.9. The molecule has 0 radical (unpaired) electrons. The summed E-state index contributed by atoms with van der Waals surface area (Å²) in [6.07, 6.45) is 2.52. The molecule has 0 aliphatic rings. The van der Waals surface area contributed by atoms with Crippen molar-refractivity contribution >= 4 is 17.5 Å². The van der Waals surface area contributed by atoms with Gasteiger partial charge in [0.2, 0.25) is 5.95 Å². The fraction of sp³-hybridized carbons (Fsp3) is 0.200. The highest BCUT2D eigenvalue weighted by atomic mass is 19.1. The summed E-state index contributed by atoms with van der Waals surface area (Å²) in [5, 5.41) is 6.51. The van der Waals surface area contributed by atoms with Crippen LogP contribution in [0.5, 0.6) is 0 Å². The second-order valence-electron chi connectivity index (χ2n) is 6.07. The lowest BCUT2D eigenvalue weighted by Crippen LogP contribution is -2.08. The van der Waals surface area contributed by atoms with Gasteiger partial charge >= 0.3 is 0 Å². The average Bonchev–Trinajstić information content (AvgIpc) is 2.56. The number of aryl methyl sites for hydroxylation is 2. The molecule has 3 aromatic rings. The molecule has 5 heteroatoms. The van der Waals surface area contributed by atoms with E-state index >= 15 is 0 Å². The molecule has 1 aromatic heterocycles. The predicted molar refractivity (Wildman–Crippen MR) is 99.8 cm³/mol. The van der Waals surface area contributed by atoms with E-state index in [4.69, 9.17) is 0 Å². The van der Waals surface area contributed by atoms with E-state index < -0.39 is 0 Å². The lowest BCUT2D eigenvalue weighted by Gasteiger charge is -2.10. The standard InChI is InChI=1S/C20H21FN4/c1-14-11-15(2)13-18(12-14)24-20-23-10-8-19(25-20)22-9-7-16-3-5-17(21)6-4-16/h3-6,8,10-13H,7,9H2,1-2H3,(H2,22,23,24,25). The summed E-state index contributed by atoms with van der Waals surface area (Å²) in [7, 11) is 0. The van der Waals surface area contributed by atoms with E-state index in [-0.39, 0.29) is 5.82 Å². The third kappa shape index (κ3) is 5.01. The first-order valence-electron chi connectivity index (χ1n) is 8.25. The second-order valence-corrected chi connectivity index (χ2v) is 6.07. The van der Waals surface area contributed by atoms with E-state index in [0.717, 1.165) is 23.5 Å². The van der Waals surface area contributed by atoms with E-state index in [1.807, 2.05) is 6.07 Å². The number of hydrogen-bond donors (Lipinski definition) is 2. The van der Waals surface area contributed by atoms with Crippen LogP contribution in [0.4, 0.5) is 21.8 Å². The third-order valence-electron chi connectivity index (χ3n) is 3.77. The Morgan fingerprint density at radius 2 is 1.68 bits per heavy atom. The topological polar surface area (TPSA) is 49.8 Å². The molecule has 0 amide bonds. The Bertz CT molecular complexity index is 826. The van der Waals surface area contributed by atoms with E-state index in [2.05, 4.69) is 52.6 Å². The molecule has 4 nitrogen and oxygen atoms in total. The van der Waals surface area contributed by atoms with Crippen molar-refractivity contribution in [1.82, 2.24) is 9.97 Å². The van der Waals surface area contributed by atoms with Gasteiger partial charge in [-0.25, -0.2) is 9.37 Å². The molecule has 2 aromatic carbocycles. The highest BCUT2D eigenvalue weighted by Gasteiger charge is 2.02. The van der Waals surface area contributed by atoms with Crippen molar-refractivity contribution in [3.05, 3.63) is 77.2 Å². The van der Waals surface area contributed by atoms with Gasteiger partial charge < -0.3 is 10.6 Å². The van der Waals surface area contributed by atoms with Crippen molar-refractivity contribution in [3.63, 3.8) is 0 Å². The van der Waals surface area contributed by atoms with Crippen molar-refractivity contribution in [2.45, 2.75) is 20.3 Å². The number of rotatable bonds is 6. The van der Waals surface area contributed by atoms with Gasteiger partial charge in [0.25, 0.3) is 0 Å². The van der Waals surface area contributed by atoms with Crippen molar-refractivity contribution in [1.29, 1.82) is 0 Å². The first-order chi connectivity index (χ1) is 12.1. The number of nitrogens with zero attached hydrogens (tertiary/aromatic N) is 2. The zero-order chi connectivity index (χ0) is 17.6.